The molecule has 1 aliphatic rings. The molecule has 17 heavy (non-hydrogen) atoms. The summed E-state index contributed by atoms with van der Waals surface area (Å²) in [6.45, 7) is 11.1. The summed E-state index contributed by atoms with van der Waals surface area (Å²) in [4.78, 5) is 4.59. The van der Waals surface area contributed by atoms with Crippen molar-refractivity contribution in [3.05, 3.63) is 11.9 Å². The van der Waals surface area contributed by atoms with Gasteiger partial charge in [0.1, 0.15) is 0 Å². The largest absolute Gasteiger partial charge is 0.353 e. The number of imidazole rings is 1. The van der Waals surface area contributed by atoms with E-state index >= 15 is 0 Å². The minimum absolute atomic E-state index is 0.435. The number of rotatable bonds is 3. The molecule has 3 heteroatoms. The van der Waals surface area contributed by atoms with Crippen molar-refractivity contribution in [2.45, 2.75) is 66.0 Å². The third-order valence-electron chi connectivity index (χ3n) is 3.61. The molecule has 2 rings (SSSR count). The molecule has 1 aromatic rings. The zero-order valence-electron chi connectivity index (χ0n) is 11.7. The Hall–Kier alpha value is -0.990. The molecule has 0 aromatic carbocycles. The summed E-state index contributed by atoms with van der Waals surface area (Å²) in [7, 11) is 0. The number of nitrogens with zero attached hydrogens (tertiary/aromatic N) is 2. The van der Waals surface area contributed by atoms with E-state index in [1.807, 2.05) is 0 Å². The van der Waals surface area contributed by atoms with Crippen LogP contribution in [0.1, 0.15) is 58.7 Å². The van der Waals surface area contributed by atoms with Gasteiger partial charge in [-0.2, -0.15) is 0 Å². The van der Waals surface area contributed by atoms with Crippen LogP contribution in [0.15, 0.2) is 6.20 Å². The number of hydrogen-bond acceptors (Lipinski definition) is 2. The minimum Gasteiger partial charge on any atom is -0.353 e. The van der Waals surface area contributed by atoms with E-state index in [4.69, 9.17) is 0 Å². The van der Waals surface area contributed by atoms with Crippen LogP contribution in [0.5, 0.6) is 0 Å². The molecule has 1 aliphatic carbocycles. The molecule has 96 valence electrons. The summed E-state index contributed by atoms with van der Waals surface area (Å²) in [5.74, 6) is 1.04. The standard InChI is InChI=1S/C14H25N3/c1-10(2)15-13-16-11(3)9-17(13)12-6-7-14(4,5)8-12/h9-10,12H,6-8H2,1-5H3,(H,15,16). The molecular weight excluding hydrogens is 210 g/mol. The van der Waals surface area contributed by atoms with Crippen LogP contribution in [0, 0.1) is 12.3 Å². The summed E-state index contributed by atoms with van der Waals surface area (Å²) in [5.41, 5.74) is 1.59. The quantitative estimate of drug-likeness (QED) is 0.864. The second kappa shape index (κ2) is 4.35. The number of aryl methyl sites for hydroxylation is 1. The maximum atomic E-state index is 4.59. The molecule has 0 saturated heterocycles. The first-order valence-electron chi connectivity index (χ1n) is 6.69. The molecule has 1 heterocycles. The summed E-state index contributed by atoms with van der Waals surface area (Å²) in [6, 6.07) is 1.05. The van der Waals surface area contributed by atoms with Gasteiger partial charge in [-0.25, -0.2) is 4.98 Å². The fourth-order valence-electron chi connectivity index (χ4n) is 2.80. The second-order valence-corrected chi connectivity index (χ2v) is 6.47. The highest BCUT2D eigenvalue weighted by Crippen LogP contribution is 2.44. The lowest BCUT2D eigenvalue weighted by atomic mass is 9.92. The highest BCUT2D eigenvalue weighted by atomic mass is 15.2. The molecule has 1 saturated carbocycles. The molecule has 1 atom stereocenters. The summed E-state index contributed by atoms with van der Waals surface area (Å²) >= 11 is 0. The van der Waals surface area contributed by atoms with Crippen LogP contribution in [-0.4, -0.2) is 15.6 Å². The van der Waals surface area contributed by atoms with Crippen molar-refractivity contribution in [1.29, 1.82) is 0 Å². The van der Waals surface area contributed by atoms with Gasteiger partial charge in [-0.1, -0.05) is 13.8 Å². The Kier molecular flexibility index (Phi) is 3.19. The SMILES string of the molecule is Cc1cn(C2CCC(C)(C)C2)c(NC(C)C)n1. The molecule has 0 radical (unpaired) electrons. The van der Waals surface area contributed by atoms with Gasteiger partial charge in [-0.3, -0.25) is 0 Å². The number of anilines is 1. The Morgan fingerprint density at radius 2 is 2.18 bits per heavy atom. The third kappa shape index (κ3) is 2.82. The van der Waals surface area contributed by atoms with E-state index in [-0.39, 0.29) is 0 Å². The average Bonchev–Trinajstić information content (AvgIpc) is 2.68. The summed E-state index contributed by atoms with van der Waals surface area (Å²) < 4.78 is 2.35. The van der Waals surface area contributed by atoms with Crippen molar-refractivity contribution in [2.75, 3.05) is 5.32 Å². The minimum atomic E-state index is 0.435. The zero-order valence-corrected chi connectivity index (χ0v) is 11.7. The van der Waals surface area contributed by atoms with Crippen molar-refractivity contribution in [2.24, 2.45) is 5.41 Å². The summed E-state index contributed by atoms with van der Waals surface area (Å²) in [6.07, 6.45) is 6.04. The van der Waals surface area contributed by atoms with Gasteiger partial charge < -0.3 is 9.88 Å². The number of nitrogens with one attached hydrogen (secondary N) is 1. The van der Waals surface area contributed by atoms with Gasteiger partial charge in [0.15, 0.2) is 0 Å². The van der Waals surface area contributed by atoms with Crippen molar-refractivity contribution < 1.29 is 0 Å². The van der Waals surface area contributed by atoms with Crippen LogP contribution in [0.25, 0.3) is 0 Å². The normalized spacial score (nSPS) is 23.3. The van der Waals surface area contributed by atoms with E-state index in [0.717, 1.165) is 11.6 Å². The van der Waals surface area contributed by atoms with E-state index in [0.29, 0.717) is 17.5 Å². The molecule has 1 unspecified atom stereocenters. The van der Waals surface area contributed by atoms with Crippen LogP contribution in [0.3, 0.4) is 0 Å². The molecule has 1 aromatic heterocycles. The lowest BCUT2D eigenvalue weighted by Crippen LogP contribution is -2.17. The summed E-state index contributed by atoms with van der Waals surface area (Å²) in [5, 5.41) is 3.45. The fourth-order valence-corrected chi connectivity index (χ4v) is 2.80. The van der Waals surface area contributed by atoms with Gasteiger partial charge in [-0.05, 0) is 45.4 Å². The Morgan fingerprint density at radius 1 is 1.47 bits per heavy atom. The average molecular weight is 235 g/mol. The van der Waals surface area contributed by atoms with E-state index in [1.54, 1.807) is 0 Å². The molecule has 3 nitrogen and oxygen atoms in total. The topological polar surface area (TPSA) is 29.9 Å². The monoisotopic (exact) mass is 235 g/mol. The molecule has 1 N–H and O–H groups in total. The lowest BCUT2D eigenvalue weighted by molar-refractivity contribution is 0.359. The highest BCUT2D eigenvalue weighted by molar-refractivity contribution is 5.30. The Labute approximate surface area is 105 Å². The van der Waals surface area contributed by atoms with Crippen LogP contribution < -0.4 is 5.32 Å². The Morgan fingerprint density at radius 3 is 2.71 bits per heavy atom. The first-order valence-corrected chi connectivity index (χ1v) is 6.69. The molecule has 1 fully saturated rings. The van der Waals surface area contributed by atoms with Crippen molar-refractivity contribution in [3.8, 4) is 0 Å². The van der Waals surface area contributed by atoms with E-state index in [1.165, 1.54) is 19.3 Å². The maximum absolute atomic E-state index is 4.59. The first-order chi connectivity index (χ1) is 7.87. The predicted octanol–water partition coefficient (Wildman–Crippen LogP) is 3.76. The van der Waals surface area contributed by atoms with E-state index in [2.05, 4.69) is 55.7 Å². The van der Waals surface area contributed by atoms with Crippen molar-refractivity contribution >= 4 is 5.95 Å². The molecule has 0 amide bonds. The van der Waals surface area contributed by atoms with E-state index < -0.39 is 0 Å². The maximum Gasteiger partial charge on any atom is 0.203 e. The van der Waals surface area contributed by atoms with Crippen molar-refractivity contribution in [3.63, 3.8) is 0 Å². The van der Waals surface area contributed by atoms with Gasteiger partial charge in [0, 0.05) is 18.3 Å². The molecule has 0 aliphatic heterocycles. The van der Waals surface area contributed by atoms with Gasteiger partial charge in [0.05, 0.1) is 5.69 Å². The van der Waals surface area contributed by atoms with Crippen LogP contribution >= 0.6 is 0 Å². The van der Waals surface area contributed by atoms with Gasteiger partial charge in [0.25, 0.3) is 0 Å². The van der Waals surface area contributed by atoms with Gasteiger partial charge >= 0.3 is 0 Å². The van der Waals surface area contributed by atoms with Crippen molar-refractivity contribution in [1.82, 2.24) is 9.55 Å². The molecule has 0 spiro atoms. The molecular formula is C14H25N3. The van der Waals surface area contributed by atoms with Crippen LogP contribution in [-0.2, 0) is 0 Å². The van der Waals surface area contributed by atoms with Crippen LogP contribution in [0.4, 0.5) is 5.95 Å². The van der Waals surface area contributed by atoms with E-state index in [9.17, 15) is 0 Å². The number of aromatic nitrogens is 2. The first kappa shape index (κ1) is 12.5. The Balaban J connectivity index is 2.20. The highest BCUT2D eigenvalue weighted by Gasteiger charge is 2.32. The lowest BCUT2D eigenvalue weighted by Gasteiger charge is -2.20. The smallest absolute Gasteiger partial charge is 0.203 e. The van der Waals surface area contributed by atoms with Gasteiger partial charge in [-0.15, -0.1) is 0 Å². The second-order valence-electron chi connectivity index (χ2n) is 6.47. The zero-order chi connectivity index (χ0) is 12.6. The predicted molar refractivity (Wildman–Crippen MR) is 72.4 cm³/mol. The Bertz CT molecular complexity index is 390. The number of hydrogen-bond donors (Lipinski definition) is 1. The third-order valence-corrected chi connectivity index (χ3v) is 3.61. The van der Waals surface area contributed by atoms with Crippen LogP contribution in [0.2, 0.25) is 0 Å². The molecule has 0 bridgehead atoms. The van der Waals surface area contributed by atoms with Gasteiger partial charge in [0.2, 0.25) is 5.95 Å². The fraction of sp³-hybridized carbons (Fsp3) is 0.786.